The summed E-state index contributed by atoms with van der Waals surface area (Å²) in [7, 11) is 1.70. The number of anilines is 1. The summed E-state index contributed by atoms with van der Waals surface area (Å²) < 4.78 is 5.50. The lowest BCUT2D eigenvalue weighted by atomic mass is 9.75. The zero-order valence-corrected chi connectivity index (χ0v) is 11.8. The van der Waals surface area contributed by atoms with Crippen molar-refractivity contribution < 1.29 is 4.74 Å². The number of benzene rings is 1. The fourth-order valence-electron chi connectivity index (χ4n) is 2.53. The standard InChI is InChI=1S/C15H25NO/c1-6-8-15(4,7-2)12-9-11(3)10-13(16)14(12)17-5/h9-10H,6-8,16H2,1-5H3. The van der Waals surface area contributed by atoms with Crippen molar-refractivity contribution in [2.24, 2.45) is 0 Å². The molecule has 0 aliphatic heterocycles. The van der Waals surface area contributed by atoms with E-state index in [-0.39, 0.29) is 5.41 Å². The zero-order valence-electron chi connectivity index (χ0n) is 11.8. The quantitative estimate of drug-likeness (QED) is 0.781. The number of hydrogen-bond donors (Lipinski definition) is 1. The summed E-state index contributed by atoms with van der Waals surface area (Å²) in [4.78, 5) is 0. The molecule has 2 N–H and O–H groups in total. The van der Waals surface area contributed by atoms with Crippen molar-refractivity contribution in [1.82, 2.24) is 0 Å². The van der Waals surface area contributed by atoms with Gasteiger partial charge in [0.25, 0.3) is 0 Å². The van der Waals surface area contributed by atoms with E-state index >= 15 is 0 Å². The lowest BCUT2D eigenvalue weighted by Crippen LogP contribution is -2.22. The lowest BCUT2D eigenvalue weighted by Gasteiger charge is -2.31. The van der Waals surface area contributed by atoms with Crippen LogP contribution in [0.2, 0.25) is 0 Å². The molecule has 0 radical (unpaired) electrons. The Kier molecular flexibility index (Phi) is 4.44. The highest BCUT2D eigenvalue weighted by Crippen LogP contribution is 2.41. The van der Waals surface area contributed by atoms with Gasteiger partial charge >= 0.3 is 0 Å². The average Bonchev–Trinajstić information content (AvgIpc) is 2.28. The van der Waals surface area contributed by atoms with E-state index in [1.807, 2.05) is 6.07 Å². The van der Waals surface area contributed by atoms with Gasteiger partial charge in [0.2, 0.25) is 0 Å². The van der Waals surface area contributed by atoms with Crippen molar-refractivity contribution in [2.75, 3.05) is 12.8 Å². The molecule has 2 heteroatoms. The number of nitrogen functional groups attached to an aromatic ring is 1. The minimum Gasteiger partial charge on any atom is -0.494 e. The molecular weight excluding hydrogens is 210 g/mol. The highest BCUT2D eigenvalue weighted by atomic mass is 16.5. The minimum atomic E-state index is 0.153. The molecule has 0 saturated carbocycles. The maximum Gasteiger partial charge on any atom is 0.145 e. The number of rotatable bonds is 5. The number of hydrogen-bond acceptors (Lipinski definition) is 2. The molecule has 0 bridgehead atoms. The first-order valence-electron chi connectivity index (χ1n) is 6.43. The number of aryl methyl sites for hydroxylation is 1. The second-order valence-corrected chi connectivity index (χ2v) is 5.10. The summed E-state index contributed by atoms with van der Waals surface area (Å²) in [5.74, 6) is 0.855. The number of ether oxygens (including phenoxy) is 1. The predicted molar refractivity (Wildman–Crippen MR) is 74.7 cm³/mol. The van der Waals surface area contributed by atoms with Gasteiger partial charge in [-0.1, -0.05) is 33.3 Å². The third-order valence-corrected chi connectivity index (χ3v) is 3.70. The fraction of sp³-hybridized carbons (Fsp3) is 0.600. The molecular formula is C15H25NO. The molecule has 96 valence electrons. The fourth-order valence-corrected chi connectivity index (χ4v) is 2.53. The van der Waals surface area contributed by atoms with Crippen LogP contribution in [0.15, 0.2) is 12.1 Å². The van der Waals surface area contributed by atoms with Gasteiger partial charge < -0.3 is 10.5 Å². The van der Waals surface area contributed by atoms with E-state index < -0.39 is 0 Å². The second kappa shape index (κ2) is 5.44. The van der Waals surface area contributed by atoms with Crippen LogP contribution in [0.3, 0.4) is 0 Å². The smallest absolute Gasteiger partial charge is 0.145 e. The topological polar surface area (TPSA) is 35.2 Å². The van der Waals surface area contributed by atoms with E-state index in [2.05, 4.69) is 33.8 Å². The molecule has 0 aliphatic carbocycles. The van der Waals surface area contributed by atoms with E-state index in [1.165, 1.54) is 17.5 Å². The Bertz CT molecular complexity index is 387. The van der Waals surface area contributed by atoms with Crippen molar-refractivity contribution in [2.45, 2.75) is 52.4 Å². The van der Waals surface area contributed by atoms with Crippen molar-refractivity contribution in [3.8, 4) is 5.75 Å². The van der Waals surface area contributed by atoms with Gasteiger partial charge in [0.15, 0.2) is 0 Å². The summed E-state index contributed by atoms with van der Waals surface area (Å²) in [5, 5.41) is 0. The molecule has 0 fully saturated rings. The van der Waals surface area contributed by atoms with Crippen LogP contribution in [-0.4, -0.2) is 7.11 Å². The predicted octanol–water partition coefficient (Wildman–Crippen LogP) is 4.05. The van der Waals surface area contributed by atoms with E-state index in [1.54, 1.807) is 7.11 Å². The summed E-state index contributed by atoms with van der Waals surface area (Å²) in [6, 6.07) is 4.19. The number of methoxy groups -OCH3 is 1. The molecule has 1 rings (SSSR count). The largest absolute Gasteiger partial charge is 0.494 e. The summed E-state index contributed by atoms with van der Waals surface area (Å²) >= 11 is 0. The van der Waals surface area contributed by atoms with Gasteiger partial charge in [-0.2, -0.15) is 0 Å². The van der Waals surface area contributed by atoms with Crippen LogP contribution in [-0.2, 0) is 5.41 Å². The van der Waals surface area contributed by atoms with Crippen LogP contribution in [0.4, 0.5) is 5.69 Å². The normalized spacial score (nSPS) is 14.4. The van der Waals surface area contributed by atoms with E-state index in [0.717, 1.165) is 24.3 Å². The van der Waals surface area contributed by atoms with Gasteiger partial charge in [-0.25, -0.2) is 0 Å². The zero-order chi connectivity index (χ0) is 13.1. The molecule has 2 nitrogen and oxygen atoms in total. The van der Waals surface area contributed by atoms with E-state index in [0.29, 0.717) is 0 Å². The maximum atomic E-state index is 6.06. The molecule has 1 aromatic rings. The summed E-state index contributed by atoms with van der Waals surface area (Å²) in [6.45, 7) is 8.84. The molecule has 0 heterocycles. The van der Waals surface area contributed by atoms with Gasteiger partial charge in [0.1, 0.15) is 5.75 Å². The highest BCUT2D eigenvalue weighted by Gasteiger charge is 2.28. The monoisotopic (exact) mass is 235 g/mol. The molecule has 0 spiro atoms. The third kappa shape index (κ3) is 2.74. The Hall–Kier alpha value is -1.18. The van der Waals surface area contributed by atoms with Crippen LogP contribution < -0.4 is 10.5 Å². The van der Waals surface area contributed by atoms with Gasteiger partial charge in [-0.15, -0.1) is 0 Å². The van der Waals surface area contributed by atoms with Gasteiger partial charge in [0.05, 0.1) is 12.8 Å². The third-order valence-electron chi connectivity index (χ3n) is 3.70. The molecule has 1 unspecified atom stereocenters. The van der Waals surface area contributed by atoms with Crippen molar-refractivity contribution in [3.05, 3.63) is 23.3 Å². The van der Waals surface area contributed by atoms with Crippen LogP contribution in [0.1, 0.15) is 51.2 Å². The second-order valence-electron chi connectivity index (χ2n) is 5.10. The first kappa shape index (κ1) is 13.9. The molecule has 1 atom stereocenters. The molecule has 0 amide bonds. The molecule has 0 aromatic heterocycles. The lowest BCUT2D eigenvalue weighted by molar-refractivity contribution is 0.365. The maximum absolute atomic E-state index is 6.06. The Balaban J connectivity index is 3.36. The van der Waals surface area contributed by atoms with Crippen molar-refractivity contribution >= 4 is 5.69 Å². The Labute approximate surface area is 105 Å². The number of nitrogens with two attached hydrogens (primary N) is 1. The minimum absolute atomic E-state index is 0.153. The molecule has 17 heavy (non-hydrogen) atoms. The van der Waals surface area contributed by atoms with Gasteiger partial charge in [0, 0.05) is 5.56 Å². The molecule has 0 aliphatic rings. The SMILES string of the molecule is CCCC(C)(CC)c1cc(C)cc(N)c1OC. The first-order chi connectivity index (χ1) is 7.98. The highest BCUT2D eigenvalue weighted by molar-refractivity contribution is 5.60. The van der Waals surface area contributed by atoms with Crippen LogP contribution in [0.25, 0.3) is 0 Å². The first-order valence-corrected chi connectivity index (χ1v) is 6.43. The molecule has 0 saturated heterocycles. The van der Waals surface area contributed by atoms with E-state index in [9.17, 15) is 0 Å². The van der Waals surface area contributed by atoms with Crippen LogP contribution in [0.5, 0.6) is 5.75 Å². The van der Waals surface area contributed by atoms with Gasteiger partial charge in [-0.3, -0.25) is 0 Å². The van der Waals surface area contributed by atoms with Gasteiger partial charge in [-0.05, 0) is 36.8 Å². The van der Waals surface area contributed by atoms with E-state index in [4.69, 9.17) is 10.5 Å². The van der Waals surface area contributed by atoms with Crippen molar-refractivity contribution in [3.63, 3.8) is 0 Å². The van der Waals surface area contributed by atoms with Crippen LogP contribution in [0, 0.1) is 6.92 Å². The Morgan fingerprint density at radius 3 is 2.41 bits per heavy atom. The Morgan fingerprint density at radius 2 is 1.94 bits per heavy atom. The Morgan fingerprint density at radius 1 is 1.29 bits per heavy atom. The summed E-state index contributed by atoms with van der Waals surface area (Å²) in [6.07, 6.45) is 3.42. The summed E-state index contributed by atoms with van der Waals surface area (Å²) in [5.41, 5.74) is 9.41. The van der Waals surface area contributed by atoms with Crippen molar-refractivity contribution in [1.29, 1.82) is 0 Å². The van der Waals surface area contributed by atoms with Crippen LogP contribution >= 0.6 is 0 Å². The molecule has 1 aromatic carbocycles. The average molecular weight is 235 g/mol.